The Morgan fingerprint density at radius 1 is 1.03 bits per heavy atom. The highest BCUT2D eigenvalue weighted by Crippen LogP contribution is 2.41. The van der Waals surface area contributed by atoms with Gasteiger partial charge in [0.2, 0.25) is 0 Å². The molecule has 1 aliphatic heterocycles. The number of hydrogen-bond donors (Lipinski definition) is 1. The molecule has 1 aromatic heterocycles. The van der Waals surface area contributed by atoms with Gasteiger partial charge in [-0.1, -0.05) is 6.07 Å². The average molecular weight is 428 g/mol. The average Bonchev–Trinajstić information content (AvgIpc) is 2.82. The molecule has 0 fully saturated rings. The molecule has 0 aliphatic carbocycles. The van der Waals surface area contributed by atoms with E-state index < -0.39 is 5.97 Å². The Hall–Kier alpha value is -3.93. The van der Waals surface area contributed by atoms with E-state index in [4.69, 9.17) is 9.72 Å². The molecule has 0 bridgehead atoms. The second kappa shape index (κ2) is 7.96. The Kier molecular flexibility index (Phi) is 4.98. The number of halogens is 1. The van der Waals surface area contributed by atoms with Crippen molar-refractivity contribution < 1.29 is 19.0 Å². The molecule has 0 atom stereocenters. The monoisotopic (exact) mass is 428 g/mol. The van der Waals surface area contributed by atoms with E-state index in [0.717, 1.165) is 53.2 Å². The topological polar surface area (TPSA) is 62.7 Å². The predicted molar refractivity (Wildman–Crippen MR) is 122 cm³/mol. The number of benzene rings is 3. The number of aromatic carboxylic acids is 1. The first-order chi connectivity index (χ1) is 15.5. The van der Waals surface area contributed by atoms with E-state index >= 15 is 0 Å². The minimum Gasteiger partial charge on any atom is -0.497 e. The SMILES string of the molecule is COc1ccc2c(c1)N(c1cc3cc(C(=O)O)ccc3nc1-c1ccc(F)cc1)CCC2. The second-order valence-corrected chi connectivity index (χ2v) is 7.83. The van der Waals surface area contributed by atoms with Crippen LogP contribution in [0.3, 0.4) is 0 Å². The molecule has 0 radical (unpaired) electrons. The van der Waals surface area contributed by atoms with Crippen molar-refractivity contribution in [1.29, 1.82) is 0 Å². The molecule has 160 valence electrons. The van der Waals surface area contributed by atoms with Crippen LogP contribution >= 0.6 is 0 Å². The lowest BCUT2D eigenvalue weighted by atomic mass is 9.98. The van der Waals surface area contributed by atoms with E-state index in [1.165, 1.54) is 17.7 Å². The fraction of sp³-hybridized carbons (Fsp3) is 0.154. The Labute approximate surface area is 184 Å². The van der Waals surface area contributed by atoms with Crippen LogP contribution in [0.15, 0.2) is 66.7 Å². The highest BCUT2D eigenvalue weighted by atomic mass is 19.1. The number of anilines is 2. The number of ether oxygens (including phenoxy) is 1. The van der Waals surface area contributed by atoms with Gasteiger partial charge in [0.1, 0.15) is 11.6 Å². The van der Waals surface area contributed by atoms with Crippen LogP contribution in [0.4, 0.5) is 15.8 Å². The number of aryl methyl sites for hydroxylation is 1. The largest absolute Gasteiger partial charge is 0.497 e. The van der Waals surface area contributed by atoms with Crippen molar-refractivity contribution >= 4 is 28.2 Å². The summed E-state index contributed by atoms with van der Waals surface area (Å²) in [5.41, 5.74) is 5.50. The number of aromatic nitrogens is 1. The van der Waals surface area contributed by atoms with Crippen LogP contribution in [0.5, 0.6) is 5.75 Å². The zero-order valence-electron chi connectivity index (χ0n) is 17.5. The lowest BCUT2D eigenvalue weighted by Crippen LogP contribution is -2.25. The van der Waals surface area contributed by atoms with Crippen molar-refractivity contribution in [3.63, 3.8) is 0 Å². The molecule has 4 aromatic rings. The quantitative estimate of drug-likeness (QED) is 0.443. The second-order valence-electron chi connectivity index (χ2n) is 7.83. The number of pyridine rings is 1. The van der Waals surface area contributed by atoms with Gasteiger partial charge in [-0.25, -0.2) is 14.2 Å². The van der Waals surface area contributed by atoms with Crippen molar-refractivity contribution in [2.75, 3.05) is 18.6 Å². The van der Waals surface area contributed by atoms with E-state index in [1.807, 2.05) is 18.2 Å². The van der Waals surface area contributed by atoms with Crippen molar-refractivity contribution in [2.24, 2.45) is 0 Å². The van der Waals surface area contributed by atoms with Gasteiger partial charge < -0.3 is 14.7 Å². The number of hydrogen-bond acceptors (Lipinski definition) is 4. The van der Waals surface area contributed by atoms with E-state index in [-0.39, 0.29) is 11.4 Å². The van der Waals surface area contributed by atoms with Gasteiger partial charge in [0.05, 0.1) is 29.6 Å². The summed E-state index contributed by atoms with van der Waals surface area (Å²) in [6, 6.07) is 19.2. The molecule has 0 amide bonds. The number of fused-ring (bicyclic) bond motifs is 2. The standard InChI is InChI=1S/C26H21FN2O3/c1-32-21-10-6-16-3-2-12-29(23(16)15-21)24-14-19-13-18(26(30)31)7-11-22(19)28-25(24)17-4-8-20(27)9-5-17/h4-11,13-15H,2-3,12H2,1H3,(H,30,31). The third-order valence-electron chi connectivity index (χ3n) is 5.86. The summed E-state index contributed by atoms with van der Waals surface area (Å²) in [5, 5.41) is 10.2. The molecule has 3 aromatic carbocycles. The van der Waals surface area contributed by atoms with Crippen LogP contribution in [-0.2, 0) is 6.42 Å². The lowest BCUT2D eigenvalue weighted by Gasteiger charge is -2.33. The number of methoxy groups -OCH3 is 1. The molecule has 0 saturated carbocycles. The third kappa shape index (κ3) is 3.54. The van der Waals surface area contributed by atoms with Gasteiger partial charge in [-0.2, -0.15) is 0 Å². The summed E-state index contributed by atoms with van der Waals surface area (Å²) in [7, 11) is 1.64. The van der Waals surface area contributed by atoms with Crippen LogP contribution < -0.4 is 9.64 Å². The Morgan fingerprint density at radius 3 is 2.59 bits per heavy atom. The molecule has 2 heterocycles. The summed E-state index contributed by atoms with van der Waals surface area (Å²) >= 11 is 0. The molecule has 0 unspecified atom stereocenters. The van der Waals surface area contributed by atoms with E-state index in [9.17, 15) is 14.3 Å². The molecular formula is C26H21FN2O3. The maximum Gasteiger partial charge on any atom is 0.335 e. The van der Waals surface area contributed by atoms with Crippen molar-refractivity contribution in [3.05, 3.63) is 83.7 Å². The third-order valence-corrected chi connectivity index (χ3v) is 5.86. The van der Waals surface area contributed by atoms with E-state index in [0.29, 0.717) is 5.52 Å². The molecule has 1 aliphatic rings. The van der Waals surface area contributed by atoms with Crippen LogP contribution in [0.25, 0.3) is 22.2 Å². The summed E-state index contributed by atoms with van der Waals surface area (Å²) in [6.07, 6.45) is 1.93. The number of rotatable bonds is 4. The van der Waals surface area contributed by atoms with Gasteiger partial charge in [0.25, 0.3) is 0 Å². The number of carboxylic acid groups (broad SMARTS) is 1. The predicted octanol–water partition coefficient (Wildman–Crippen LogP) is 5.83. The van der Waals surface area contributed by atoms with Crippen LogP contribution in [0.1, 0.15) is 22.3 Å². The first kappa shape index (κ1) is 20.0. The Balaban J connectivity index is 1.76. The fourth-order valence-corrected chi connectivity index (χ4v) is 4.26. The first-order valence-electron chi connectivity index (χ1n) is 10.4. The van der Waals surface area contributed by atoms with Crippen LogP contribution in [0, 0.1) is 5.82 Å². The summed E-state index contributed by atoms with van der Waals surface area (Å²) in [5.74, 6) is -0.528. The summed E-state index contributed by atoms with van der Waals surface area (Å²) in [4.78, 5) is 18.6. The molecule has 0 saturated heterocycles. The Morgan fingerprint density at radius 2 is 1.84 bits per heavy atom. The van der Waals surface area contributed by atoms with Crippen LogP contribution in [-0.4, -0.2) is 29.7 Å². The zero-order valence-corrected chi connectivity index (χ0v) is 17.5. The normalized spacial score (nSPS) is 13.1. The number of carbonyl (C=O) groups is 1. The highest BCUT2D eigenvalue weighted by Gasteiger charge is 2.23. The molecule has 0 spiro atoms. The minimum absolute atomic E-state index is 0.209. The highest BCUT2D eigenvalue weighted by molar-refractivity contribution is 5.97. The van der Waals surface area contributed by atoms with E-state index in [1.54, 1.807) is 37.4 Å². The van der Waals surface area contributed by atoms with Gasteiger partial charge in [-0.15, -0.1) is 0 Å². The van der Waals surface area contributed by atoms with Crippen LogP contribution in [0.2, 0.25) is 0 Å². The van der Waals surface area contributed by atoms with Gasteiger partial charge in [-0.3, -0.25) is 0 Å². The van der Waals surface area contributed by atoms with Gasteiger partial charge in [-0.05, 0) is 73.0 Å². The zero-order chi connectivity index (χ0) is 22.2. The van der Waals surface area contributed by atoms with Crippen molar-refractivity contribution in [1.82, 2.24) is 4.98 Å². The lowest BCUT2D eigenvalue weighted by molar-refractivity contribution is 0.0697. The van der Waals surface area contributed by atoms with Crippen molar-refractivity contribution in [2.45, 2.75) is 12.8 Å². The molecule has 5 rings (SSSR count). The molecule has 32 heavy (non-hydrogen) atoms. The smallest absolute Gasteiger partial charge is 0.335 e. The van der Waals surface area contributed by atoms with Gasteiger partial charge >= 0.3 is 5.97 Å². The van der Waals surface area contributed by atoms with Gasteiger partial charge in [0, 0.05) is 29.2 Å². The molecular weight excluding hydrogens is 407 g/mol. The summed E-state index contributed by atoms with van der Waals surface area (Å²) < 4.78 is 19.1. The van der Waals surface area contributed by atoms with Gasteiger partial charge in [0.15, 0.2) is 0 Å². The number of nitrogens with zero attached hydrogens (tertiary/aromatic N) is 2. The fourth-order valence-electron chi connectivity index (χ4n) is 4.26. The summed E-state index contributed by atoms with van der Waals surface area (Å²) in [6.45, 7) is 0.778. The first-order valence-corrected chi connectivity index (χ1v) is 10.4. The number of carboxylic acids is 1. The maximum absolute atomic E-state index is 13.6. The molecule has 1 N–H and O–H groups in total. The Bertz CT molecular complexity index is 1340. The molecule has 5 nitrogen and oxygen atoms in total. The van der Waals surface area contributed by atoms with Crippen molar-refractivity contribution in [3.8, 4) is 17.0 Å². The maximum atomic E-state index is 13.6. The molecule has 6 heteroatoms. The minimum atomic E-state index is -0.982. The van der Waals surface area contributed by atoms with E-state index in [2.05, 4.69) is 11.0 Å².